The smallest absolute Gasteiger partial charge is 0.270 e. The van der Waals surface area contributed by atoms with Crippen LogP contribution in [0.25, 0.3) is 0 Å². The zero-order valence-electron chi connectivity index (χ0n) is 14.4. The maximum Gasteiger partial charge on any atom is 0.270 e. The van der Waals surface area contributed by atoms with E-state index in [-0.39, 0.29) is 5.91 Å². The number of rotatable bonds is 7. The Labute approximate surface area is 156 Å². The van der Waals surface area contributed by atoms with Crippen LogP contribution in [0.5, 0.6) is 5.75 Å². The van der Waals surface area contributed by atoms with Crippen LogP contribution in [0.3, 0.4) is 0 Å². The van der Waals surface area contributed by atoms with Crippen LogP contribution in [0.4, 0.5) is 0 Å². The van der Waals surface area contributed by atoms with Crippen molar-refractivity contribution in [1.82, 2.24) is 15.3 Å². The Kier molecular flexibility index (Phi) is 3.94. The van der Waals surface area contributed by atoms with Crippen molar-refractivity contribution >= 4 is 17.2 Å². The molecule has 1 aliphatic heterocycles. The number of hydrogen-bond acceptors (Lipinski definition) is 6. The summed E-state index contributed by atoms with van der Waals surface area (Å²) in [7, 11) is 0. The van der Waals surface area contributed by atoms with E-state index < -0.39 is 5.54 Å². The van der Waals surface area contributed by atoms with Crippen LogP contribution in [0, 0.1) is 5.92 Å². The number of carbonyl (C=O) groups is 1. The Bertz CT molecular complexity index is 811. The van der Waals surface area contributed by atoms with Gasteiger partial charge in [0.2, 0.25) is 0 Å². The Balaban J connectivity index is 1.36. The van der Waals surface area contributed by atoms with Crippen molar-refractivity contribution in [1.29, 1.82) is 0 Å². The summed E-state index contributed by atoms with van der Waals surface area (Å²) < 4.78 is 11.4. The molecule has 0 spiro atoms. The summed E-state index contributed by atoms with van der Waals surface area (Å²) in [6.07, 6.45) is 8.41. The first kappa shape index (κ1) is 16.2. The van der Waals surface area contributed by atoms with Crippen molar-refractivity contribution in [3.63, 3.8) is 0 Å². The van der Waals surface area contributed by atoms with E-state index in [4.69, 9.17) is 9.47 Å². The molecule has 0 aromatic carbocycles. The summed E-state index contributed by atoms with van der Waals surface area (Å²) >= 11 is 1.53. The number of aromatic nitrogens is 2. The van der Waals surface area contributed by atoms with Gasteiger partial charge in [-0.3, -0.25) is 9.78 Å². The molecule has 2 aromatic heterocycles. The van der Waals surface area contributed by atoms with E-state index >= 15 is 0 Å². The Morgan fingerprint density at radius 3 is 2.77 bits per heavy atom. The van der Waals surface area contributed by atoms with E-state index in [1.807, 2.05) is 11.6 Å². The highest BCUT2D eigenvalue weighted by Crippen LogP contribution is 2.44. The Morgan fingerprint density at radius 2 is 2.15 bits per heavy atom. The largest absolute Gasteiger partial charge is 0.493 e. The summed E-state index contributed by atoms with van der Waals surface area (Å²) in [6, 6.07) is 1.81. The van der Waals surface area contributed by atoms with Crippen LogP contribution >= 0.6 is 11.3 Å². The standard InChI is InChI=1S/C19H21N3O3S/c23-17(22-19(10-24-11-19)18-20-5-6-26-18)15-7-16(25-9-12-1-2-12)14(8-21-15)13-3-4-13/h5-8,12-13H,1-4,9-11H2,(H,22,23). The molecule has 0 atom stereocenters. The van der Waals surface area contributed by atoms with Gasteiger partial charge in [-0.05, 0) is 37.5 Å². The summed E-state index contributed by atoms with van der Waals surface area (Å²) in [5, 5.41) is 5.87. The number of hydrogen-bond donors (Lipinski definition) is 1. The highest BCUT2D eigenvalue weighted by atomic mass is 32.1. The van der Waals surface area contributed by atoms with Gasteiger partial charge in [0.1, 0.15) is 22.0 Å². The lowest BCUT2D eigenvalue weighted by atomic mass is 9.98. The number of amides is 1. The molecule has 1 amide bonds. The van der Waals surface area contributed by atoms with Crippen LogP contribution in [0.15, 0.2) is 23.8 Å². The normalized spacial score (nSPS) is 21.1. The topological polar surface area (TPSA) is 73.3 Å². The van der Waals surface area contributed by atoms with Gasteiger partial charge in [-0.15, -0.1) is 11.3 Å². The Morgan fingerprint density at radius 1 is 1.31 bits per heavy atom. The first-order valence-electron chi connectivity index (χ1n) is 9.16. The van der Waals surface area contributed by atoms with Crippen LogP contribution < -0.4 is 10.1 Å². The van der Waals surface area contributed by atoms with Crippen molar-refractivity contribution in [2.45, 2.75) is 37.1 Å². The predicted molar refractivity (Wildman–Crippen MR) is 96.5 cm³/mol. The maximum absolute atomic E-state index is 12.8. The SMILES string of the molecule is O=C(NC1(c2nccs2)COC1)c1cc(OCC2CC2)c(C2CC2)cn1. The predicted octanol–water partition coefficient (Wildman–Crippen LogP) is 2.86. The lowest BCUT2D eigenvalue weighted by Crippen LogP contribution is -2.59. The molecular weight excluding hydrogens is 350 g/mol. The first-order valence-corrected chi connectivity index (χ1v) is 10.0. The fourth-order valence-electron chi connectivity index (χ4n) is 3.19. The highest BCUT2D eigenvalue weighted by Gasteiger charge is 2.44. The quantitative estimate of drug-likeness (QED) is 0.810. The second-order valence-electron chi connectivity index (χ2n) is 7.50. The third kappa shape index (κ3) is 3.10. The zero-order chi connectivity index (χ0) is 17.6. The van der Waals surface area contributed by atoms with Crippen LogP contribution in [-0.2, 0) is 10.3 Å². The fraction of sp³-hybridized carbons (Fsp3) is 0.526. The number of thiazole rings is 1. The van der Waals surface area contributed by atoms with Crippen molar-refractivity contribution < 1.29 is 14.3 Å². The van der Waals surface area contributed by atoms with Gasteiger partial charge in [0, 0.05) is 29.4 Å². The van der Waals surface area contributed by atoms with Gasteiger partial charge in [-0.25, -0.2) is 4.98 Å². The van der Waals surface area contributed by atoms with E-state index in [0.29, 0.717) is 30.7 Å². The average molecular weight is 371 g/mol. The minimum Gasteiger partial charge on any atom is -0.493 e. The third-order valence-electron chi connectivity index (χ3n) is 5.21. The molecule has 0 bridgehead atoms. The molecule has 0 radical (unpaired) electrons. The van der Waals surface area contributed by atoms with Crippen molar-refractivity contribution in [3.8, 4) is 5.75 Å². The molecule has 7 heteroatoms. The first-order chi connectivity index (χ1) is 12.7. The molecule has 1 N–H and O–H groups in total. The molecule has 3 heterocycles. The second kappa shape index (κ2) is 6.32. The number of carbonyl (C=O) groups excluding carboxylic acids is 1. The van der Waals surface area contributed by atoms with E-state index in [9.17, 15) is 4.79 Å². The van der Waals surface area contributed by atoms with Gasteiger partial charge < -0.3 is 14.8 Å². The summed E-state index contributed by atoms with van der Waals surface area (Å²) in [5.74, 6) is 1.83. The molecule has 2 aromatic rings. The molecule has 136 valence electrons. The molecule has 5 rings (SSSR count). The van der Waals surface area contributed by atoms with Gasteiger partial charge in [-0.2, -0.15) is 0 Å². The second-order valence-corrected chi connectivity index (χ2v) is 8.40. The zero-order valence-corrected chi connectivity index (χ0v) is 15.3. The molecule has 1 saturated heterocycles. The van der Waals surface area contributed by atoms with Gasteiger partial charge in [-0.1, -0.05) is 0 Å². The molecule has 26 heavy (non-hydrogen) atoms. The van der Waals surface area contributed by atoms with Gasteiger partial charge in [0.25, 0.3) is 5.91 Å². The molecule has 6 nitrogen and oxygen atoms in total. The number of pyridine rings is 1. The molecular formula is C19H21N3O3S. The molecule has 2 aliphatic carbocycles. The lowest BCUT2D eigenvalue weighted by Gasteiger charge is -2.40. The highest BCUT2D eigenvalue weighted by molar-refractivity contribution is 7.09. The van der Waals surface area contributed by atoms with E-state index in [0.717, 1.165) is 22.9 Å². The monoisotopic (exact) mass is 371 g/mol. The summed E-state index contributed by atoms with van der Waals surface area (Å²) in [6.45, 7) is 1.62. The van der Waals surface area contributed by atoms with Crippen molar-refractivity contribution in [2.75, 3.05) is 19.8 Å². The van der Waals surface area contributed by atoms with Gasteiger partial charge in [0.15, 0.2) is 0 Å². The van der Waals surface area contributed by atoms with Crippen LogP contribution in [-0.4, -0.2) is 35.7 Å². The molecule has 0 unspecified atom stereocenters. The lowest BCUT2D eigenvalue weighted by molar-refractivity contribution is -0.0735. The summed E-state index contributed by atoms with van der Waals surface area (Å²) in [5.41, 5.74) is 1.00. The molecule has 2 saturated carbocycles. The fourth-order valence-corrected chi connectivity index (χ4v) is 3.95. The van der Waals surface area contributed by atoms with Gasteiger partial charge in [0.05, 0.1) is 19.8 Å². The minimum atomic E-state index is -0.531. The number of ether oxygens (including phenoxy) is 2. The summed E-state index contributed by atoms with van der Waals surface area (Å²) in [4.78, 5) is 21.6. The minimum absolute atomic E-state index is 0.206. The van der Waals surface area contributed by atoms with Gasteiger partial charge >= 0.3 is 0 Å². The average Bonchev–Trinajstić information content (AvgIpc) is 3.55. The van der Waals surface area contributed by atoms with E-state index in [2.05, 4.69) is 15.3 Å². The number of nitrogens with one attached hydrogen (secondary N) is 1. The van der Waals surface area contributed by atoms with Crippen LogP contribution in [0.2, 0.25) is 0 Å². The third-order valence-corrected chi connectivity index (χ3v) is 6.18. The number of nitrogens with zero attached hydrogens (tertiary/aromatic N) is 2. The van der Waals surface area contributed by atoms with Crippen molar-refractivity contribution in [2.24, 2.45) is 5.92 Å². The molecule has 3 aliphatic rings. The Hall–Kier alpha value is -1.99. The molecule has 3 fully saturated rings. The van der Waals surface area contributed by atoms with E-state index in [1.165, 1.54) is 37.0 Å². The van der Waals surface area contributed by atoms with Crippen LogP contribution in [0.1, 0.15) is 52.7 Å². The van der Waals surface area contributed by atoms with E-state index in [1.54, 1.807) is 12.3 Å². The van der Waals surface area contributed by atoms with Crippen molar-refractivity contribution in [3.05, 3.63) is 40.1 Å². The maximum atomic E-state index is 12.8.